The summed E-state index contributed by atoms with van der Waals surface area (Å²) in [5.74, 6) is 1.54. The predicted octanol–water partition coefficient (Wildman–Crippen LogP) is 2.48. The van der Waals surface area contributed by atoms with Crippen LogP contribution in [0.4, 0.5) is 0 Å². The van der Waals surface area contributed by atoms with E-state index in [2.05, 4.69) is 30.3 Å². The summed E-state index contributed by atoms with van der Waals surface area (Å²) < 4.78 is 5.47. The zero-order chi connectivity index (χ0) is 18.9. The van der Waals surface area contributed by atoms with Gasteiger partial charge in [0.25, 0.3) is 5.91 Å². The average molecular weight is 488 g/mol. The SMILES string of the molecule is CCNC(=NCCc1cccc(C(=O)N(C)C)c1)N(C)CC1CCOC1.I. The third-order valence-corrected chi connectivity index (χ3v) is 4.49. The highest BCUT2D eigenvalue weighted by Crippen LogP contribution is 2.13. The van der Waals surface area contributed by atoms with Crippen LogP contribution in [0.15, 0.2) is 29.3 Å². The lowest BCUT2D eigenvalue weighted by Crippen LogP contribution is -2.41. The molecule has 0 spiro atoms. The summed E-state index contributed by atoms with van der Waals surface area (Å²) in [7, 11) is 5.62. The number of carbonyl (C=O) groups excluding carboxylic acids is 1. The van der Waals surface area contributed by atoms with Gasteiger partial charge in [0.1, 0.15) is 0 Å². The van der Waals surface area contributed by atoms with Crippen LogP contribution in [0, 0.1) is 5.92 Å². The average Bonchev–Trinajstić information content (AvgIpc) is 3.13. The van der Waals surface area contributed by atoms with Crippen LogP contribution < -0.4 is 5.32 Å². The predicted molar refractivity (Wildman–Crippen MR) is 121 cm³/mol. The molecule has 1 aromatic rings. The molecule has 1 aliphatic rings. The molecule has 0 bridgehead atoms. The zero-order valence-electron chi connectivity index (χ0n) is 16.9. The number of benzene rings is 1. The number of ether oxygens (including phenoxy) is 1. The molecule has 1 unspecified atom stereocenters. The Hall–Kier alpha value is -1.35. The number of rotatable bonds is 7. The van der Waals surface area contributed by atoms with Gasteiger partial charge in [0.2, 0.25) is 0 Å². The van der Waals surface area contributed by atoms with Gasteiger partial charge in [0.15, 0.2) is 5.96 Å². The van der Waals surface area contributed by atoms with Crippen molar-refractivity contribution in [3.05, 3.63) is 35.4 Å². The number of nitrogens with zero attached hydrogens (tertiary/aromatic N) is 3. The van der Waals surface area contributed by atoms with Crippen molar-refractivity contribution in [3.8, 4) is 0 Å². The molecule has 2 rings (SSSR count). The molecule has 1 amide bonds. The molecule has 0 radical (unpaired) electrons. The van der Waals surface area contributed by atoms with Crippen molar-refractivity contribution < 1.29 is 9.53 Å². The van der Waals surface area contributed by atoms with Crippen LogP contribution in [0.3, 0.4) is 0 Å². The lowest BCUT2D eigenvalue weighted by molar-refractivity contribution is 0.0827. The van der Waals surface area contributed by atoms with Gasteiger partial charge in [-0.15, -0.1) is 24.0 Å². The number of halogens is 1. The van der Waals surface area contributed by atoms with Crippen LogP contribution in [0.25, 0.3) is 0 Å². The van der Waals surface area contributed by atoms with Crippen molar-refractivity contribution in [2.24, 2.45) is 10.9 Å². The molecule has 0 aliphatic carbocycles. The molecule has 152 valence electrons. The van der Waals surface area contributed by atoms with E-state index in [0.717, 1.165) is 56.2 Å². The molecule has 1 aliphatic heterocycles. The normalized spacial score (nSPS) is 16.6. The van der Waals surface area contributed by atoms with Crippen molar-refractivity contribution in [2.75, 3.05) is 54.0 Å². The van der Waals surface area contributed by atoms with Gasteiger partial charge in [-0.25, -0.2) is 0 Å². The number of guanidine groups is 1. The Labute approximate surface area is 180 Å². The van der Waals surface area contributed by atoms with Crippen molar-refractivity contribution in [1.29, 1.82) is 0 Å². The summed E-state index contributed by atoms with van der Waals surface area (Å²) in [6.45, 7) is 6.28. The smallest absolute Gasteiger partial charge is 0.253 e. The van der Waals surface area contributed by atoms with Crippen molar-refractivity contribution in [1.82, 2.24) is 15.1 Å². The largest absolute Gasteiger partial charge is 0.381 e. The van der Waals surface area contributed by atoms with E-state index in [1.165, 1.54) is 0 Å². The first kappa shape index (κ1) is 23.7. The van der Waals surface area contributed by atoms with Gasteiger partial charge in [-0.05, 0) is 37.5 Å². The third-order valence-electron chi connectivity index (χ3n) is 4.49. The number of nitrogens with one attached hydrogen (secondary N) is 1. The molecule has 1 saturated heterocycles. The minimum atomic E-state index is 0. The second-order valence-corrected chi connectivity index (χ2v) is 7.00. The molecule has 1 aromatic carbocycles. The fourth-order valence-corrected chi connectivity index (χ4v) is 3.08. The van der Waals surface area contributed by atoms with E-state index in [1.54, 1.807) is 19.0 Å². The van der Waals surface area contributed by atoms with Crippen LogP contribution in [0.5, 0.6) is 0 Å². The molecule has 1 atom stereocenters. The highest BCUT2D eigenvalue weighted by Gasteiger charge is 2.19. The van der Waals surface area contributed by atoms with Gasteiger partial charge < -0.3 is 19.9 Å². The first-order valence-corrected chi connectivity index (χ1v) is 9.39. The third kappa shape index (κ3) is 7.65. The van der Waals surface area contributed by atoms with Gasteiger partial charge in [-0.1, -0.05) is 12.1 Å². The van der Waals surface area contributed by atoms with Crippen LogP contribution in [-0.4, -0.2) is 75.7 Å². The molecule has 0 aromatic heterocycles. The quantitative estimate of drug-likeness (QED) is 0.364. The summed E-state index contributed by atoms with van der Waals surface area (Å²) in [6, 6.07) is 7.81. The summed E-state index contributed by atoms with van der Waals surface area (Å²) in [4.78, 5) is 20.6. The van der Waals surface area contributed by atoms with E-state index in [4.69, 9.17) is 9.73 Å². The summed E-state index contributed by atoms with van der Waals surface area (Å²) in [6.07, 6.45) is 1.93. The minimum absolute atomic E-state index is 0. The molecular formula is C20H33IN4O2. The van der Waals surface area contributed by atoms with Crippen LogP contribution in [0.2, 0.25) is 0 Å². The number of hydrogen-bond acceptors (Lipinski definition) is 3. The fraction of sp³-hybridized carbons (Fsp3) is 0.600. The second kappa shape index (κ2) is 12.2. The molecule has 6 nitrogen and oxygen atoms in total. The first-order valence-electron chi connectivity index (χ1n) is 9.39. The van der Waals surface area contributed by atoms with Crippen molar-refractivity contribution in [3.63, 3.8) is 0 Å². The highest BCUT2D eigenvalue weighted by molar-refractivity contribution is 14.0. The Morgan fingerprint density at radius 2 is 2.11 bits per heavy atom. The fourth-order valence-electron chi connectivity index (χ4n) is 3.08. The molecule has 7 heteroatoms. The van der Waals surface area contributed by atoms with E-state index < -0.39 is 0 Å². The molecule has 1 N–H and O–H groups in total. The molecule has 0 saturated carbocycles. The van der Waals surface area contributed by atoms with Gasteiger partial charge >= 0.3 is 0 Å². The lowest BCUT2D eigenvalue weighted by atomic mass is 10.1. The van der Waals surface area contributed by atoms with Gasteiger partial charge in [0, 0.05) is 58.9 Å². The number of hydrogen-bond donors (Lipinski definition) is 1. The topological polar surface area (TPSA) is 57.2 Å². The van der Waals surface area contributed by atoms with E-state index in [0.29, 0.717) is 12.5 Å². The summed E-state index contributed by atoms with van der Waals surface area (Å²) in [5.41, 5.74) is 1.85. The monoisotopic (exact) mass is 488 g/mol. The van der Waals surface area contributed by atoms with Crippen LogP contribution >= 0.6 is 24.0 Å². The molecule has 27 heavy (non-hydrogen) atoms. The highest BCUT2D eigenvalue weighted by atomic mass is 127. The Kier molecular flexibility index (Phi) is 10.7. The van der Waals surface area contributed by atoms with E-state index in [-0.39, 0.29) is 29.9 Å². The maximum absolute atomic E-state index is 12.1. The van der Waals surface area contributed by atoms with Gasteiger partial charge in [0.05, 0.1) is 6.61 Å². The Morgan fingerprint density at radius 1 is 1.33 bits per heavy atom. The number of carbonyl (C=O) groups is 1. The summed E-state index contributed by atoms with van der Waals surface area (Å²) in [5, 5.41) is 3.36. The summed E-state index contributed by atoms with van der Waals surface area (Å²) >= 11 is 0. The lowest BCUT2D eigenvalue weighted by Gasteiger charge is -2.24. The van der Waals surface area contributed by atoms with Gasteiger partial charge in [-0.2, -0.15) is 0 Å². The maximum atomic E-state index is 12.1. The maximum Gasteiger partial charge on any atom is 0.253 e. The van der Waals surface area contributed by atoms with Crippen molar-refractivity contribution >= 4 is 35.8 Å². The van der Waals surface area contributed by atoms with Gasteiger partial charge in [-0.3, -0.25) is 9.79 Å². The van der Waals surface area contributed by atoms with E-state index >= 15 is 0 Å². The van der Waals surface area contributed by atoms with E-state index in [9.17, 15) is 4.79 Å². The Morgan fingerprint density at radius 3 is 2.74 bits per heavy atom. The first-order chi connectivity index (χ1) is 12.5. The van der Waals surface area contributed by atoms with E-state index in [1.807, 2.05) is 18.2 Å². The Balaban J connectivity index is 0.00000364. The molecular weight excluding hydrogens is 455 g/mol. The molecule has 1 heterocycles. The number of amides is 1. The zero-order valence-corrected chi connectivity index (χ0v) is 19.2. The molecule has 1 fully saturated rings. The number of aliphatic imine (C=N–C) groups is 1. The van der Waals surface area contributed by atoms with Crippen LogP contribution in [0.1, 0.15) is 29.3 Å². The minimum Gasteiger partial charge on any atom is -0.381 e. The standard InChI is InChI=1S/C20H32N4O2.HI/c1-5-21-20(24(4)14-17-10-12-26-15-17)22-11-9-16-7-6-8-18(13-16)19(25)23(2)3;/h6-8,13,17H,5,9-12,14-15H2,1-4H3,(H,21,22);1H. The Bertz CT molecular complexity index is 616. The van der Waals surface area contributed by atoms with Crippen LogP contribution in [-0.2, 0) is 11.2 Å². The second-order valence-electron chi connectivity index (χ2n) is 7.00. The van der Waals surface area contributed by atoms with Crippen molar-refractivity contribution in [2.45, 2.75) is 19.8 Å².